The number of nitrogens with zero attached hydrogens (tertiary/aromatic N) is 1. The molecule has 0 unspecified atom stereocenters. The maximum atomic E-state index is 11.4. The number of hydrogen-bond donors (Lipinski definition) is 3. The van der Waals surface area contributed by atoms with Crippen LogP contribution in [0.25, 0.3) is 0 Å². The van der Waals surface area contributed by atoms with Gasteiger partial charge in [-0.05, 0) is 6.92 Å². The van der Waals surface area contributed by atoms with E-state index in [4.69, 9.17) is 10.2 Å². The number of hydrogen-bond acceptors (Lipinski definition) is 4. The maximum Gasteiger partial charge on any atom is 0.236 e. The minimum absolute atomic E-state index is 0.00993. The molecule has 0 aliphatic rings. The van der Waals surface area contributed by atoms with Crippen LogP contribution in [-0.4, -0.2) is 60.9 Å². The zero-order valence-electron chi connectivity index (χ0n) is 9.79. The summed E-state index contributed by atoms with van der Waals surface area (Å²) in [4.78, 5) is 13.0. The number of carbonyl (C=O) groups excluding carboxylic acids is 1. The standard InChI is InChI=1S/C10H22N2O3/c1-4-12(3)9(15)5-11-6-10(2,7-13)8-14/h11,13-14H,4-8H2,1-3H3. The van der Waals surface area contributed by atoms with Gasteiger partial charge in [0.25, 0.3) is 0 Å². The van der Waals surface area contributed by atoms with Crippen LogP contribution in [0.2, 0.25) is 0 Å². The Balaban J connectivity index is 3.83. The van der Waals surface area contributed by atoms with Crippen molar-refractivity contribution >= 4 is 5.91 Å². The Morgan fingerprint density at radius 2 is 1.93 bits per heavy atom. The summed E-state index contributed by atoms with van der Waals surface area (Å²) in [6.45, 7) is 4.79. The first-order valence-corrected chi connectivity index (χ1v) is 5.15. The van der Waals surface area contributed by atoms with Gasteiger partial charge in [0.05, 0.1) is 19.8 Å². The minimum Gasteiger partial charge on any atom is -0.396 e. The summed E-state index contributed by atoms with van der Waals surface area (Å²) >= 11 is 0. The van der Waals surface area contributed by atoms with E-state index >= 15 is 0 Å². The molecule has 0 saturated heterocycles. The summed E-state index contributed by atoms with van der Waals surface area (Å²) in [5.74, 6) is 0.00993. The van der Waals surface area contributed by atoms with Gasteiger partial charge in [-0.2, -0.15) is 0 Å². The van der Waals surface area contributed by atoms with Crippen molar-refractivity contribution in [2.75, 3.05) is 39.9 Å². The fourth-order valence-corrected chi connectivity index (χ4v) is 0.944. The van der Waals surface area contributed by atoms with Gasteiger partial charge >= 0.3 is 0 Å². The quantitative estimate of drug-likeness (QED) is 0.515. The molecule has 90 valence electrons. The summed E-state index contributed by atoms with van der Waals surface area (Å²) in [6, 6.07) is 0. The SMILES string of the molecule is CCN(C)C(=O)CNCC(C)(CO)CO. The van der Waals surface area contributed by atoms with E-state index in [2.05, 4.69) is 5.32 Å². The molecular weight excluding hydrogens is 196 g/mol. The van der Waals surface area contributed by atoms with Crippen molar-refractivity contribution in [2.45, 2.75) is 13.8 Å². The minimum atomic E-state index is -0.564. The smallest absolute Gasteiger partial charge is 0.236 e. The second kappa shape index (κ2) is 6.76. The molecular formula is C10H22N2O3. The molecule has 0 heterocycles. The predicted octanol–water partition coefficient (Wildman–Crippen LogP) is -0.955. The van der Waals surface area contributed by atoms with Crippen LogP contribution in [0.15, 0.2) is 0 Å². The average Bonchev–Trinajstić information content (AvgIpc) is 2.27. The van der Waals surface area contributed by atoms with Gasteiger partial charge in [0.2, 0.25) is 5.91 Å². The van der Waals surface area contributed by atoms with Crippen LogP contribution in [0.4, 0.5) is 0 Å². The number of carbonyl (C=O) groups is 1. The first kappa shape index (κ1) is 14.3. The molecule has 0 aliphatic heterocycles. The molecule has 1 amide bonds. The highest BCUT2D eigenvalue weighted by atomic mass is 16.3. The largest absolute Gasteiger partial charge is 0.396 e. The molecule has 0 saturated carbocycles. The lowest BCUT2D eigenvalue weighted by Gasteiger charge is -2.25. The summed E-state index contributed by atoms with van der Waals surface area (Å²) in [5, 5.41) is 21.0. The highest BCUT2D eigenvalue weighted by molar-refractivity contribution is 5.77. The van der Waals surface area contributed by atoms with Crippen molar-refractivity contribution in [3.8, 4) is 0 Å². The summed E-state index contributed by atoms with van der Waals surface area (Å²) in [7, 11) is 1.74. The van der Waals surface area contributed by atoms with Crippen LogP contribution in [0.1, 0.15) is 13.8 Å². The van der Waals surface area contributed by atoms with Gasteiger partial charge in [-0.1, -0.05) is 6.92 Å². The third-order valence-corrected chi connectivity index (χ3v) is 2.49. The highest BCUT2D eigenvalue weighted by Gasteiger charge is 2.22. The van der Waals surface area contributed by atoms with Crippen molar-refractivity contribution in [3.05, 3.63) is 0 Å². The average molecular weight is 218 g/mol. The number of amides is 1. The van der Waals surface area contributed by atoms with E-state index in [0.717, 1.165) is 0 Å². The van der Waals surface area contributed by atoms with Crippen LogP contribution >= 0.6 is 0 Å². The van der Waals surface area contributed by atoms with Gasteiger partial charge in [0.1, 0.15) is 0 Å². The fourth-order valence-electron chi connectivity index (χ4n) is 0.944. The van der Waals surface area contributed by atoms with Crippen LogP contribution in [0.5, 0.6) is 0 Å². The lowest BCUT2D eigenvalue weighted by Crippen LogP contribution is -2.42. The summed E-state index contributed by atoms with van der Waals surface area (Å²) < 4.78 is 0. The number of likely N-dealkylation sites (N-methyl/N-ethyl adjacent to an activating group) is 1. The van der Waals surface area contributed by atoms with Gasteiger partial charge in [0, 0.05) is 25.6 Å². The number of aliphatic hydroxyl groups excluding tert-OH is 2. The Hall–Kier alpha value is -0.650. The summed E-state index contributed by atoms with van der Waals surface area (Å²) in [5.41, 5.74) is -0.564. The van der Waals surface area contributed by atoms with Crippen molar-refractivity contribution in [1.82, 2.24) is 10.2 Å². The zero-order chi connectivity index (χ0) is 11.9. The molecule has 0 aromatic heterocycles. The molecule has 5 nitrogen and oxygen atoms in total. The van der Waals surface area contributed by atoms with E-state index in [9.17, 15) is 4.79 Å². The number of nitrogens with one attached hydrogen (secondary N) is 1. The van der Waals surface area contributed by atoms with E-state index in [1.165, 1.54) is 0 Å². The Bertz CT molecular complexity index is 193. The van der Waals surface area contributed by atoms with Crippen LogP contribution in [-0.2, 0) is 4.79 Å². The number of aliphatic hydroxyl groups is 2. The zero-order valence-corrected chi connectivity index (χ0v) is 9.79. The normalized spacial score (nSPS) is 11.5. The maximum absolute atomic E-state index is 11.4. The molecule has 0 fully saturated rings. The lowest BCUT2D eigenvalue weighted by molar-refractivity contribution is -0.128. The Morgan fingerprint density at radius 1 is 1.40 bits per heavy atom. The molecule has 0 atom stereocenters. The van der Waals surface area contributed by atoms with Gasteiger partial charge in [0.15, 0.2) is 0 Å². The van der Waals surface area contributed by atoms with E-state index in [1.807, 2.05) is 6.92 Å². The van der Waals surface area contributed by atoms with E-state index in [0.29, 0.717) is 13.1 Å². The molecule has 0 aliphatic carbocycles. The monoisotopic (exact) mass is 218 g/mol. The van der Waals surface area contributed by atoms with Crippen LogP contribution in [0.3, 0.4) is 0 Å². The Kier molecular flexibility index (Phi) is 6.47. The molecule has 0 rings (SSSR count). The van der Waals surface area contributed by atoms with Gasteiger partial charge in [-0.25, -0.2) is 0 Å². The van der Waals surface area contributed by atoms with E-state index in [-0.39, 0.29) is 25.7 Å². The Labute approximate surface area is 91.1 Å². The van der Waals surface area contributed by atoms with Crippen molar-refractivity contribution in [1.29, 1.82) is 0 Å². The van der Waals surface area contributed by atoms with Crippen LogP contribution < -0.4 is 5.32 Å². The third kappa shape index (κ3) is 5.11. The topological polar surface area (TPSA) is 72.8 Å². The molecule has 0 bridgehead atoms. The van der Waals surface area contributed by atoms with Crippen molar-refractivity contribution in [2.24, 2.45) is 5.41 Å². The van der Waals surface area contributed by atoms with Gasteiger partial charge in [-0.15, -0.1) is 0 Å². The van der Waals surface area contributed by atoms with Gasteiger partial charge < -0.3 is 20.4 Å². The fraction of sp³-hybridized carbons (Fsp3) is 0.900. The molecule has 0 radical (unpaired) electrons. The second-order valence-electron chi connectivity index (χ2n) is 4.14. The first-order chi connectivity index (χ1) is 6.99. The molecule has 0 aromatic carbocycles. The first-order valence-electron chi connectivity index (χ1n) is 5.15. The lowest BCUT2D eigenvalue weighted by atomic mass is 9.93. The second-order valence-corrected chi connectivity index (χ2v) is 4.14. The van der Waals surface area contributed by atoms with Crippen molar-refractivity contribution < 1.29 is 15.0 Å². The molecule has 15 heavy (non-hydrogen) atoms. The molecule has 0 spiro atoms. The number of rotatable bonds is 7. The predicted molar refractivity (Wildman–Crippen MR) is 58.5 cm³/mol. The highest BCUT2D eigenvalue weighted by Crippen LogP contribution is 2.11. The van der Waals surface area contributed by atoms with E-state index < -0.39 is 5.41 Å². The molecule has 0 aromatic rings. The van der Waals surface area contributed by atoms with Gasteiger partial charge in [-0.3, -0.25) is 4.79 Å². The van der Waals surface area contributed by atoms with E-state index in [1.54, 1.807) is 18.9 Å². The third-order valence-electron chi connectivity index (χ3n) is 2.49. The Morgan fingerprint density at radius 3 is 2.33 bits per heavy atom. The molecule has 3 N–H and O–H groups in total. The molecule has 5 heteroatoms. The van der Waals surface area contributed by atoms with Crippen molar-refractivity contribution in [3.63, 3.8) is 0 Å². The van der Waals surface area contributed by atoms with Crippen LogP contribution in [0, 0.1) is 5.41 Å². The summed E-state index contributed by atoms with van der Waals surface area (Å²) in [6.07, 6.45) is 0.